The number of fused-ring (bicyclic) bond motifs is 1. The number of hydrogen-bond acceptors (Lipinski definition) is 4. The fraction of sp³-hybridized carbons (Fsp3) is 0.438. The molecule has 0 saturated heterocycles. The molecule has 2 aromatic rings. The van der Waals surface area contributed by atoms with Gasteiger partial charge in [0.25, 0.3) is 5.91 Å². The number of aryl methyl sites for hydroxylation is 1. The summed E-state index contributed by atoms with van der Waals surface area (Å²) in [5.74, 6) is 0.0312. The Labute approximate surface area is 130 Å². The van der Waals surface area contributed by atoms with Crippen LogP contribution in [0, 0.1) is 6.92 Å². The summed E-state index contributed by atoms with van der Waals surface area (Å²) in [5, 5.41) is 0. The maximum Gasteiger partial charge on any atom is 0.255 e. The number of rotatable bonds is 3. The predicted octanol–water partition coefficient (Wildman–Crippen LogP) is 1.35. The molecule has 0 saturated carbocycles. The number of amides is 1. The van der Waals surface area contributed by atoms with Crippen LogP contribution in [0.15, 0.2) is 30.9 Å². The maximum atomic E-state index is 12.7. The van der Waals surface area contributed by atoms with Crippen molar-refractivity contribution in [2.45, 2.75) is 19.5 Å². The molecule has 1 aliphatic heterocycles. The van der Waals surface area contributed by atoms with Gasteiger partial charge in [-0.2, -0.15) is 0 Å². The van der Waals surface area contributed by atoms with Crippen molar-refractivity contribution >= 4 is 5.91 Å². The zero-order chi connectivity index (χ0) is 15.7. The Morgan fingerprint density at radius 1 is 1.36 bits per heavy atom. The van der Waals surface area contributed by atoms with E-state index >= 15 is 0 Å². The van der Waals surface area contributed by atoms with Crippen LogP contribution in [0.2, 0.25) is 0 Å². The number of likely N-dealkylation sites (N-methyl/N-ethyl adjacent to an activating group) is 1. The second-order valence-corrected chi connectivity index (χ2v) is 6.08. The molecule has 2 aromatic heterocycles. The van der Waals surface area contributed by atoms with Crippen molar-refractivity contribution in [2.75, 3.05) is 27.2 Å². The van der Waals surface area contributed by atoms with Crippen molar-refractivity contribution < 1.29 is 4.79 Å². The molecule has 0 spiro atoms. The third-order valence-electron chi connectivity index (χ3n) is 3.95. The van der Waals surface area contributed by atoms with Crippen LogP contribution >= 0.6 is 0 Å². The van der Waals surface area contributed by atoms with Gasteiger partial charge in [0.2, 0.25) is 0 Å². The molecule has 0 aromatic carbocycles. The minimum Gasteiger partial charge on any atom is -0.331 e. The second-order valence-electron chi connectivity index (χ2n) is 6.08. The molecule has 6 nitrogen and oxygen atoms in total. The highest BCUT2D eigenvalue weighted by molar-refractivity contribution is 5.94. The van der Waals surface area contributed by atoms with E-state index in [0.29, 0.717) is 18.7 Å². The lowest BCUT2D eigenvalue weighted by Gasteiger charge is -2.35. The quantitative estimate of drug-likeness (QED) is 0.858. The first-order valence-electron chi connectivity index (χ1n) is 7.42. The average Bonchev–Trinajstić information content (AvgIpc) is 2.95. The van der Waals surface area contributed by atoms with E-state index in [9.17, 15) is 4.79 Å². The van der Waals surface area contributed by atoms with Crippen LogP contribution in [0.3, 0.4) is 0 Å². The largest absolute Gasteiger partial charge is 0.331 e. The van der Waals surface area contributed by atoms with E-state index in [2.05, 4.69) is 19.4 Å². The molecule has 0 aliphatic carbocycles. The molecule has 0 fully saturated rings. The summed E-state index contributed by atoms with van der Waals surface area (Å²) in [4.78, 5) is 25.2. The van der Waals surface area contributed by atoms with Crippen LogP contribution in [0.5, 0.6) is 0 Å². The van der Waals surface area contributed by atoms with Crippen molar-refractivity contribution in [3.8, 4) is 0 Å². The molecular weight excluding hydrogens is 278 g/mol. The number of carbonyl (C=O) groups is 1. The lowest BCUT2D eigenvalue weighted by Crippen LogP contribution is -2.43. The van der Waals surface area contributed by atoms with Crippen molar-refractivity contribution in [3.05, 3.63) is 47.8 Å². The molecule has 1 aliphatic rings. The van der Waals surface area contributed by atoms with Crippen molar-refractivity contribution in [1.29, 1.82) is 0 Å². The first-order chi connectivity index (χ1) is 10.5. The molecule has 0 bridgehead atoms. The predicted molar refractivity (Wildman–Crippen MR) is 83.5 cm³/mol. The van der Waals surface area contributed by atoms with Gasteiger partial charge in [0, 0.05) is 31.2 Å². The monoisotopic (exact) mass is 299 g/mol. The van der Waals surface area contributed by atoms with Crippen molar-refractivity contribution in [2.24, 2.45) is 0 Å². The molecule has 0 unspecified atom stereocenters. The van der Waals surface area contributed by atoms with E-state index in [4.69, 9.17) is 0 Å². The highest BCUT2D eigenvalue weighted by Gasteiger charge is 2.28. The van der Waals surface area contributed by atoms with E-state index < -0.39 is 0 Å². The normalized spacial score (nSPS) is 17.6. The Balaban J connectivity index is 1.83. The zero-order valence-corrected chi connectivity index (χ0v) is 13.2. The summed E-state index contributed by atoms with van der Waals surface area (Å²) in [6.07, 6.45) is 5.36. The van der Waals surface area contributed by atoms with E-state index in [0.717, 1.165) is 17.9 Å². The van der Waals surface area contributed by atoms with E-state index in [-0.39, 0.29) is 11.9 Å². The number of pyridine rings is 1. The van der Waals surface area contributed by atoms with Gasteiger partial charge >= 0.3 is 0 Å². The molecule has 22 heavy (non-hydrogen) atoms. The fourth-order valence-corrected chi connectivity index (χ4v) is 2.88. The van der Waals surface area contributed by atoms with E-state index in [1.165, 1.54) is 0 Å². The molecule has 1 atom stereocenters. The SMILES string of the molecule is Cc1ccc(C(=O)N2Cc3cncn3[C@@H](CN(C)C)C2)cn1. The van der Waals surface area contributed by atoms with Gasteiger partial charge in [0.05, 0.1) is 30.2 Å². The Morgan fingerprint density at radius 2 is 2.18 bits per heavy atom. The molecule has 1 amide bonds. The first kappa shape index (κ1) is 14.7. The van der Waals surface area contributed by atoms with E-state index in [1.54, 1.807) is 6.20 Å². The van der Waals surface area contributed by atoms with Gasteiger partial charge in [-0.05, 0) is 33.2 Å². The topological polar surface area (TPSA) is 54.3 Å². The summed E-state index contributed by atoms with van der Waals surface area (Å²) in [6, 6.07) is 3.94. The summed E-state index contributed by atoms with van der Waals surface area (Å²) in [6.45, 7) is 4.07. The van der Waals surface area contributed by atoms with E-state index in [1.807, 2.05) is 50.6 Å². The molecular formula is C16H21N5O. The minimum absolute atomic E-state index is 0.0312. The standard InChI is InChI=1S/C16H21N5O/c1-12-4-5-13(6-18-12)16(22)20-9-14-7-17-11-21(14)15(10-20)8-19(2)3/h4-7,11,15H,8-10H2,1-3H3/t15-/m0/s1. The highest BCUT2D eigenvalue weighted by Crippen LogP contribution is 2.22. The highest BCUT2D eigenvalue weighted by atomic mass is 16.2. The van der Waals surface area contributed by atoms with Crippen molar-refractivity contribution in [3.63, 3.8) is 0 Å². The summed E-state index contributed by atoms with van der Waals surface area (Å²) in [7, 11) is 4.09. The lowest BCUT2D eigenvalue weighted by molar-refractivity contribution is 0.0663. The smallest absolute Gasteiger partial charge is 0.255 e. The third kappa shape index (κ3) is 2.87. The Kier molecular flexibility index (Phi) is 3.94. The van der Waals surface area contributed by atoms with Gasteiger partial charge in [-0.25, -0.2) is 4.98 Å². The van der Waals surface area contributed by atoms with Gasteiger partial charge < -0.3 is 14.4 Å². The molecule has 116 valence electrons. The fourth-order valence-electron chi connectivity index (χ4n) is 2.88. The summed E-state index contributed by atoms with van der Waals surface area (Å²) < 4.78 is 2.18. The van der Waals surface area contributed by atoms with Crippen LogP contribution in [0.1, 0.15) is 27.8 Å². The Bertz CT molecular complexity index is 661. The maximum absolute atomic E-state index is 12.7. The number of carbonyl (C=O) groups excluding carboxylic acids is 1. The summed E-state index contributed by atoms with van der Waals surface area (Å²) >= 11 is 0. The minimum atomic E-state index is 0.0312. The molecule has 3 rings (SSSR count). The number of aromatic nitrogens is 3. The Morgan fingerprint density at radius 3 is 2.86 bits per heavy atom. The summed E-state index contributed by atoms with van der Waals surface area (Å²) in [5.41, 5.74) is 2.63. The lowest BCUT2D eigenvalue weighted by atomic mass is 10.1. The molecule has 0 N–H and O–H groups in total. The van der Waals surface area contributed by atoms with Crippen LogP contribution in [0.4, 0.5) is 0 Å². The Hall–Kier alpha value is -2.21. The third-order valence-corrected chi connectivity index (χ3v) is 3.95. The van der Waals surface area contributed by atoms with Crippen molar-refractivity contribution in [1.82, 2.24) is 24.3 Å². The van der Waals surface area contributed by atoms with Gasteiger partial charge in [0.1, 0.15) is 0 Å². The zero-order valence-electron chi connectivity index (χ0n) is 13.2. The van der Waals surface area contributed by atoms with Crippen LogP contribution in [-0.4, -0.2) is 57.4 Å². The van der Waals surface area contributed by atoms with Crippen LogP contribution in [0.25, 0.3) is 0 Å². The molecule has 3 heterocycles. The van der Waals surface area contributed by atoms with Gasteiger partial charge in [-0.15, -0.1) is 0 Å². The molecule has 0 radical (unpaired) electrons. The van der Waals surface area contributed by atoms with Gasteiger partial charge in [0.15, 0.2) is 0 Å². The number of imidazole rings is 1. The molecule has 6 heteroatoms. The van der Waals surface area contributed by atoms with Gasteiger partial charge in [-0.3, -0.25) is 9.78 Å². The van der Waals surface area contributed by atoms with Crippen LogP contribution < -0.4 is 0 Å². The first-order valence-corrected chi connectivity index (χ1v) is 7.42. The number of hydrogen-bond donors (Lipinski definition) is 0. The second kappa shape index (κ2) is 5.88. The number of nitrogens with zero attached hydrogens (tertiary/aromatic N) is 5. The van der Waals surface area contributed by atoms with Crippen LogP contribution in [-0.2, 0) is 6.54 Å². The average molecular weight is 299 g/mol. The van der Waals surface area contributed by atoms with Gasteiger partial charge in [-0.1, -0.05) is 0 Å².